The first-order chi connectivity index (χ1) is 11.0. The van der Waals surface area contributed by atoms with E-state index in [1.54, 1.807) is 6.08 Å². The molecule has 0 spiro atoms. The summed E-state index contributed by atoms with van der Waals surface area (Å²) in [5.74, 6) is -0.463. The molecule has 23 heavy (non-hydrogen) atoms. The Bertz CT molecular complexity index is 602. The smallest absolute Gasteiger partial charge is 0.338 e. The molecule has 128 valence electrons. The van der Waals surface area contributed by atoms with Crippen LogP contribution in [0.2, 0.25) is 0 Å². The van der Waals surface area contributed by atoms with E-state index in [0.717, 1.165) is 12.8 Å². The Labute approximate surface area is 139 Å². The summed E-state index contributed by atoms with van der Waals surface area (Å²) in [4.78, 5) is 12.0. The molecule has 0 saturated heterocycles. The third-order valence-corrected chi connectivity index (χ3v) is 5.14. The monoisotopic (exact) mass is 339 g/mol. The van der Waals surface area contributed by atoms with Crippen molar-refractivity contribution in [1.82, 2.24) is 4.31 Å². The Morgan fingerprint density at radius 3 is 2.22 bits per heavy atom. The van der Waals surface area contributed by atoms with E-state index in [9.17, 15) is 13.2 Å². The van der Waals surface area contributed by atoms with Crippen LogP contribution in [0.4, 0.5) is 0 Å². The number of benzene rings is 1. The van der Waals surface area contributed by atoms with Gasteiger partial charge in [0.2, 0.25) is 10.0 Å². The van der Waals surface area contributed by atoms with Gasteiger partial charge in [-0.2, -0.15) is 4.31 Å². The Morgan fingerprint density at radius 2 is 1.74 bits per heavy atom. The summed E-state index contributed by atoms with van der Waals surface area (Å²) in [7, 11) is -3.52. The Morgan fingerprint density at radius 1 is 1.17 bits per heavy atom. The summed E-state index contributed by atoms with van der Waals surface area (Å²) >= 11 is 0. The maximum Gasteiger partial charge on any atom is 0.338 e. The molecule has 0 N–H and O–H groups in total. The molecule has 0 atom stereocenters. The highest BCUT2D eigenvalue weighted by Gasteiger charge is 2.23. The number of carbonyl (C=O) groups excluding carboxylic acids is 1. The van der Waals surface area contributed by atoms with Crippen molar-refractivity contribution < 1.29 is 17.9 Å². The fourth-order valence-electron chi connectivity index (χ4n) is 2.08. The molecule has 0 aromatic heterocycles. The summed E-state index contributed by atoms with van der Waals surface area (Å²) in [6.07, 6.45) is 3.76. The summed E-state index contributed by atoms with van der Waals surface area (Å²) in [5.41, 5.74) is 0.338. The van der Waals surface area contributed by atoms with Crippen molar-refractivity contribution in [1.29, 1.82) is 0 Å². The minimum atomic E-state index is -3.52. The molecule has 0 aliphatic heterocycles. The third-order valence-electron chi connectivity index (χ3n) is 3.23. The van der Waals surface area contributed by atoms with Crippen molar-refractivity contribution in [2.24, 2.45) is 0 Å². The van der Waals surface area contributed by atoms with Crippen LogP contribution < -0.4 is 0 Å². The molecule has 0 unspecified atom stereocenters. The van der Waals surface area contributed by atoms with Crippen molar-refractivity contribution in [3.05, 3.63) is 42.5 Å². The molecular formula is C17H25NO4S. The van der Waals surface area contributed by atoms with E-state index in [1.807, 2.05) is 13.8 Å². The van der Waals surface area contributed by atoms with Gasteiger partial charge in [-0.1, -0.05) is 19.9 Å². The van der Waals surface area contributed by atoms with Crippen molar-refractivity contribution in [2.45, 2.75) is 38.0 Å². The first kappa shape index (κ1) is 19.4. The van der Waals surface area contributed by atoms with Crippen molar-refractivity contribution in [2.75, 3.05) is 19.7 Å². The van der Waals surface area contributed by atoms with Gasteiger partial charge >= 0.3 is 5.97 Å². The van der Waals surface area contributed by atoms with Gasteiger partial charge in [0.25, 0.3) is 0 Å². The molecule has 0 aliphatic carbocycles. The summed E-state index contributed by atoms with van der Waals surface area (Å²) in [6.45, 7) is 8.69. The van der Waals surface area contributed by atoms with Gasteiger partial charge in [0.05, 0.1) is 17.1 Å². The maximum atomic E-state index is 12.6. The fourth-order valence-corrected chi connectivity index (χ4v) is 3.71. The Kier molecular flexibility index (Phi) is 7.98. The van der Waals surface area contributed by atoms with E-state index < -0.39 is 16.0 Å². The summed E-state index contributed by atoms with van der Waals surface area (Å²) in [6, 6.07) is 5.88. The second-order valence-corrected chi connectivity index (χ2v) is 7.08. The van der Waals surface area contributed by atoms with E-state index in [0.29, 0.717) is 25.1 Å². The first-order valence-electron chi connectivity index (χ1n) is 7.85. The lowest BCUT2D eigenvalue weighted by Crippen LogP contribution is -2.32. The van der Waals surface area contributed by atoms with Crippen LogP contribution in [0.25, 0.3) is 0 Å². The first-order valence-corrected chi connectivity index (χ1v) is 9.29. The minimum absolute atomic E-state index is 0.196. The van der Waals surface area contributed by atoms with Crippen LogP contribution in [0.5, 0.6) is 0 Å². The van der Waals surface area contributed by atoms with Crippen molar-refractivity contribution in [3.8, 4) is 0 Å². The lowest BCUT2D eigenvalue weighted by Gasteiger charge is -2.21. The molecular weight excluding hydrogens is 314 g/mol. The number of esters is 1. The number of hydrogen-bond donors (Lipinski definition) is 0. The van der Waals surface area contributed by atoms with E-state index in [1.165, 1.54) is 28.6 Å². The van der Waals surface area contributed by atoms with E-state index >= 15 is 0 Å². The van der Waals surface area contributed by atoms with Crippen LogP contribution in [0.15, 0.2) is 41.8 Å². The standard InChI is InChI=1S/C17H25NO4S/c1-4-7-14-22-17(19)15-8-10-16(11-9-15)23(20,21)18(12-5-2)13-6-3/h4,8-11H,1,5-7,12-14H2,2-3H3. The number of hydrogen-bond acceptors (Lipinski definition) is 4. The SMILES string of the molecule is C=CCCOC(=O)c1ccc(S(=O)(=O)N(CCC)CCC)cc1. The average molecular weight is 339 g/mol. The van der Waals surface area contributed by atoms with Gasteiger partial charge in [-0.05, 0) is 43.5 Å². The van der Waals surface area contributed by atoms with Gasteiger partial charge in [-0.15, -0.1) is 6.58 Å². The van der Waals surface area contributed by atoms with Crippen LogP contribution >= 0.6 is 0 Å². The van der Waals surface area contributed by atoms with Gasteiger partial charge < -0.3 is 4.74 Å². The second-order valence-electron chi connectivity index (χ2n) is 5.14. The van der Waals surface area contributed by atoms with Crippen LogP contribution in [0.1, 0.15) is 43.5 Å². The maximum absolute atomic E-state index is 12.6. The zero-order chi connectivity index (χ0) is 17.3. The molecule has 0 aliphatic rings. The number of ether oxygens (including phenoxy) is 1. The van der Waals surface area contributed by atoms with Crippen LogP contribution in [0, 0.1) is 0 Å². The van der Waals surface area contributed by atoms with Crippen molar-refractivity contribution in [3.63, 3.8) is 0 Å². The number of rotatable bonds is 10. The van der Waals surface area contributed by atoms with E-state index in [4.69, 9.17) is 4.74 Å². The van der Waals surface area contributed by atoms with Gasteiger partial charge in [-0.25, -0.2) is 13.2 Å². The molecule has 0 fully saturated rings. The third kappa shape index (κ3) is 5.48. The number of carbonyl (C=O) groups is 1. The highest BCUT2D eigenvalue weighted by molar-refractivity contribution is 7.89. The second kappa shape index (κ2) is 9.47. The average Bonchev–Trinajstić information content (AvgIpc) is 2.55. The topological polar surface area (TPSA) is 63.7 Å². The number of sulfonamides is 1. The lowest BCUT2D eigenvalue weighted by atomic mass is 10.2. The van der Waals surface area contributed by atoms with Gasteiger partial charge in [0.1, 0.15) is 0 Å². The molecule has 0 radical (unpaired) electrons. The van der Waals surface area contributed by atoms with Crippen LogP contribution in [0.3, 0.4) is 0 Å². The molecule has 1 aromatic rings. The highest BCUT2D eigenvalue weighted by atomic mass is 32.2. The largest absolute Gasteiger partial charge is 0.462 e. The number of nitrogens with zero attached hydrogens (tertiary/aromatic N) is 1. The normalized spacial score (nSPS) is 11.4. The van der Waals surface area contributed by atoms with Crippen LogP contribution in [-0.2, 0) is 14.8 Å². The van der Waals surface area contributed by atoms with Gasteiger partial charge in [-0.3, -0.25) is 0 Å². The van der Waals surface area contributed by atoms with E-state index in [2.05, 4.69) is 6.58 Å². The molecule has 0 heterocycles. The molecule has 0 saturated carbocycles. The summed E-state index contributed by atoms with van der Waals surface area (Å²) < 4.78 is 31.7. The molecule has 0 amide bonds. The van der Waals surface area contributed by atoms with Crippen LogP contribution in [-0.4, -0.2) is 38.4 Å². The molecule has 1 rings (SSSR count). The Hall–Kier alpha value is -1.66. The minimum Gasteiger partial charge on any atom is -0.462 e. The fraction of sp³-hybridized carbons (Fsp3) is 0.471. The molecule has 6 heteroatoms. The molecule has 5 nitrogen and oxygen atoms in total. The summed E-state index contributed by atoms with van der Waals surface area (Å²) in [5, 5.41) is 0. The predicted octanol–water partition coefficient (Wildman–Crippen LogP) is 3.23. The van der Waals surface area contributed by atoms with Crippen molar-refractivity contribution >= 4 is 16.0 Å². The molecule has 1 aromatic carbocycles. The Balaban J connectivity index is 2.89. The van der Waals surface area contributed by atoms with Gasteiger partial charge in [0, 0.05) is 13.1 Å². The zero-order valence-corrected chi connectivity index (χ0v) is 14.6. The zero-order valence-electron chi connectivity index (χ0n) is 13.8. The van der Waals surface area contributed by atoms with E-state index in [-0.39, 0.29) is 11.5 Å². The van der Waals surface area contributed by atoms with Gasteiger partial charge in [0.15, 0.2) is 0 Å². The lowest BCUT2D eigenvalue weighted by molar-refractivity contribution is 0.0511. The predicted molar refractivity (Wildman–Crippen MR) is 90.9 cm³/mol. The molecule has 0 bridgehead atoms. The highest BCUT2D eigenvalue weighted by Crippen LogP contribution is 2.17. The quantitative estimate of drug-likeness (QED) is 0.373.